The first kappa shape index (κ1) is 7.34. The van der Waals surface area contributed by atoms with Crippen LogP contribution in [0.1, 0.15) is 16.2 Å². The summed E-state index contributed by atoms with van der Waals surface area (Å²) < 4.78 is 0.551. The summed E-state index contributed by atoms with van der Waals surface area (Å²) in [7, 11) is 0. The Hall–Kier alpha value is -0.770. The summed E-state index contributed by atoms with van der Waals surface area (Å²) in [6, 6.07) is 0. The normalized spacial score (nSPS) is 9.40. The van der Waals surface area contributed by atoms with Gasteiger partial charge in [-0.3, -0.25) is 4.79 Å². The van der Waals surface area contributed by atoms with Gasteiger partial charge in [-0.05, 0) is 22.9 Å². The second-order valence-corrected chi connectivity index (χ2v) is 2.53. The van der Waals surface area contributed by atoms with Crippen LogP contribution in [-0.4, -0.2) is 16.3 Å². The molecule has 1 heterocycles. The summed E-state index contributed by atoms with van der Waals surface area (Å²) >= 11 is 3.12. The van der Waals surface area contributed by atoms with Crippen molar-refractivity contribution in [3.8, 4) is 0 Å². The third kappa shape index (κ3) is 1.39. The quantitative estimate of drug-likeness (QED) is 0.508. The Bertz CT molecular complexity index is 262. The van der Waals surface area contributed by atoms with E-state index in [1.54, 1.807) is 6.92 Å². The van der Waals surface area contributed by atoms with E-state index in [0.717, 1.165) is 0 Å². The molecule has 0 aliphatic carbocycles. The zero-order valence-corrected chi connectivity index (χ0v) is 6.92. The van der Waals surface area contributed by atoms with Gasteiger partial charge in [0.05, 0.1) is 5.56 Å². The van der Waals surface area contributed by atoms with Crippen LogP contribution in [0.25, 0.3) is 0 Å². The molecular formula is C6H5BrN2O. The zero-order chi connectivity index (χ0) is 7.56. The Morgan fingerprint density at radius 1 is 1.70 bits per heavy atom. The first-order valence-corrected chi connectivity index (χ1v) is 3.47. The summed E-state index contributed by atoms with van der Waals surface area (Å²) in [4.78, 5) is 18.0. The number of rotatable bonds is 1. The lowest BCUT2D eigenvalue weighted by Crippen LogP contribution is -1.92. The fraction of sp³-hybridized carbons (Fsp3) is 0.167. The zero-order valence-electron chi connectivity index (χ0n) is 5.34. The highest BCUT2D eigenvalue weighted by atomic mass is 79.9. The monoisotopic (exact) mass is 200 g/mol. The van der Waals surface area contributed by atoms with Gasteiger partial charge in [-0.25, -0.2) is 9.97 Å². The van der Waals surface area contributed by atoms with E-state index in [4.69, 9.17) is 0 Å². The lowest BCUT2D eigenvalue weighted by atomic mass is 10.4. The maximum Gasteiger partial charge on any atom is 0.154 e. The molecule has 0 saturated carbocycles. The molecule has 1 aromatic heterocycles. The maximum atomic E-state index is 10.2. The molecule has 0 spiro atoms. The average Bonchev–Trinajstić information content (AvgIpc) is 1.88. The van der Waals surface area contributed by atoms with E-state index in [1.807, 2.05) is 0 Å². The van der Waals surface area contributed by atoms with Crippen LogP contribution in [0.4, 0.5) is 0 Å². The van der Waals surface area contributed by atoms with E-state index < -0.39 is 0 Å². The minimum atomic E-state index is 0.477. The van der Waals surface area contributed by atoms with Crippen molar-refractivity contribution >= 4 is 22.2 Å². The van der Waals surface area contributed by atoms with Crippen LogP contribution in [-0.2, 0) is 0 Å². The molecule has 0 N–H and O–H groups in total. The van der Waals surface area contributed by atoms with E-state index in [2.05, 4.69) is 25.9 Å². The molecule has 0 atom stereocenters. The molecule has 0 aliphatic rings. The molecule has 52 valence electrons. The molecule has 0 amide bonds. The fourth-order valence-corrected chi connectivity index (χ4v) is 0.983. The summed E-state index contributed by atoms with van der Waals surface area (Å²) in [5.74, 6) is 0.650. The molecule has 0 bridgehead atoms. The summed E-state index contributed by atoms with van der Waals surface area (Å²) in [5.41, 5.74) is 0.477. The Kier molecular flexibility index (Phi) is 2.11. The number of carbonyl (C=O) groups excluding carboxylic acids is 1. The van der Waals surface area contributed by atoms with Crippen LogP contribution in [0.5, 0.6) is 0 Å². The third-order valence-corrected chi connectivity index (χ3v) is 1.65. The van der Waals surface area contributed by atoms with E-state index in [1.165, 1.54) is 6.20 Å². The predicted molar refractivity (Wildman–Crippen MR) is 39.9 cm³/mol. The highest BCUT2D eigenvalue weighted by Gasteiger charge is 1.98. The number of hydrogen-bond donors (Lipinski definition) is 0. The molecule has 0 aliphatic heterocycles. The Balaban J connectivity index is 3.19. The van der Waals surface area contributed by atoms with Gasteiger partial charge in [0.1, 0.15) is 10.4 Å². The van der Waals surface area contributed by atoms with Crippen LogP contribution < -0.4 is 0 Å². The standard InChI is InChI=1S/C6H5BrN2O/c1-4-8-2-5(3-10)6(7)9-4/h2-3H,1H3. The third-order valence-electron chi connectivity index (χ3n) is 1.02. The molecule has 0 saturated heterocycles. The molecule has 1 rings (SSSR count). The van der Waals surface area contributed by atoms with Crippen molar-refractivity contribution < 1.29 is 4.79 Å². The average molecular weight is 201 g/mol. The lowest BCUT2D eigenvalue weighted by Gasteiger charge is -1.93. The number of hydrogen-bond acceptors (Lipinski definition) is 3. The highest BCUT2D eigenvalue weighted by molar-refractivity contribution is 9.10. The number of nitrogens with zero attached hydrogens (tertiary/aromatic N) is 2. The first-order valence-electron chi connectivity index (χ1n) is 2.68. The van der Waals surface area contributed by atoms with Gasteiger partial charge in [-0.2, -0.15) is 0 Å². The minimum absolute atomic E-state index is 0.477. The SMILES string of the molecule is Cc1ncc(C=O)c(Br)n1. The molecule has 0 radical (unpaired) electrons. The van der Waals surface area contributed by atoms with E-state index in [-0.39, 0.29) is 0 Å². The summed E-state index contributed by atoms with van der Waals surface area (Å²) in [6.45, 7) is 1.76. The van der Waals surface area contributed by atoms with Crippen LogP contribution in [0, 0.1) is 6.92 Å². The second kappa shape index (κ2) is 2.88. The second-order valence-electron chi connectivity index (χ2n) is 1.78. The lowest BCUT2D eigenvalue weighted by molar-refractivity contribution is 0.112. The van der Waals surface area contributed by atoms with Gasteiger partial charge in [-0.1, -0.05) is 0 Å². The predicted octanol–water partition coefficient (Wildman–Crippen LogP) is 1.36. The van der Waals surface area contributed by atoms with Gasteiger partial charge in [-0.15, -0.1) is 0 Å². The van der Waals surface area contributed by atoms with Gasteiger partial charge in [0.2, 0.25) is 0 Å². The Morgan fingerprint density at radius 2 is 2.40 bits per heavy atom. The van der Waals surface area contributed by atoms with Crippen molar-refractivity contribution in [2.24, 2.45) is 0 Å². The van der Waals surface area contributed by atoms with Crippen LogP contribution in [0.2, 0.25) is 0 Å². The number of aromatic nitrogens is 2. The van der Waals surface area contributed by atoms with E-state index >= 15 is 0 Å². The van der Waals surface area contributed by atoms with Crippen molar-refractivity contribution in [3.05, 3.63) is 22.2 Å². The van der Waals surface area contributed by atoms with Crippen molar-refractivity contribution in [3.63, 3.8) is 0 Å². The van der Waals surface area contributed by atoms with Gasteiger partial charge < -0.3 is 0 Å². The molecule has 10 heavy (non-hydrogen) atoms. The van der Waals surface area contributed by atoms with Crippen molar-refractivity contribution in [2.75, 3.05) is 0 Å². The summed E-state index contributed by atoms with van der Waals surface area (Å²) in [5, 5.41) is 0. The van der Waals surface area contributed by atoms with Crippen LogP contribution >= 0.6 is 15.9 Å². The Morgan fingerprint density at radius 3 is 2.90 bits per heavy atom. The number of carbonyl (C=O) groups is 1. The molecule has 1 aromatic rings. The topological polar surface area (TPSA) is 42.9 Å². The van der Waals surface area contributed by atoms with Crippen LogP contribution in [0.15, 0.2) is 10.8 Å². The largest absolute Gasteiger partial charge is 0.298 e. The molecule has 3 nitrogen and oxygen atoms in total. The molecule has 0 fully saturated rings. The number of aryl methyl sites for hydroxylation is 1. The van der Waals surface area contributed by atoms with Gasteiger partial charge >= 0.3 is 0 Å². The molecule has 0 unspecified atom stereocenters. The number of aldehydes is 1. The first-order chi connectivity index (χ1) is 4.74. The molecule has 0 aromatic carbocycles. The Labute approximate surface area is 66.6 Å². The summed E-state index contributed by atoms with van der Waals surface area (Å²) in [6.07, 6.45) is 2.20. The molecular weight excluding hydrogens is 196 g/mol. The van der Waals surface area contributed by atoms with Crippen LogP contribution in [0.3, 0.4) is 0 Å². The maximum absolute atomic E-state index is 10.2. The van der Waals surface area contributed by atoms with Crippen molar-refractivity contribution in [1.29, 1.82) is 0 Å². The van der Waals surface area contributed by atoms with Gasteiger partial charge in [0.15, 0.2) is 6.29 Å². The number of halogens is 1. The van der Waals surface area contributed by atoms with Gasteiger partial charge in [0.25, 0.3) is 0 Å². The highest BCUT2D eigenvalue weighted by Crippen LogP contribution is 2.09. The molecule has 4 heteroatoms. The van der Waals surface area contributed by atoms with E-state index in [0.29, 0.717) is 22.3 Å². The fourth-order valence-electron chi connectivity index (χ4n) is 0.531. The smallest absolute Gasteiger partial charge is 0.154 e. The van der Waals surface area contributed by atoms with Gasteiger partial charge in [0, 0.05) is 6.20 Å². The minimum Gasteiger partial charge on any atom is -0.298 e. The van der Waals surface area contributed by atoms with E-state index in [9.17, 15) is 4.79 Å². The van der Waals surface area contributed by atoms with Crippen molar-refractivity contribution in [1.82, 2.24) is 9.97 Å². The van der Waals surface area contributed by atoms with Crippen molar-refractivity contribution in [2.45, 2.75) is 6.92 Å².